The Morgan fingerprint density at radius 3 is 2.74 bits per heavy atom. The number of likely N-dealkylation sites (tertiary alicyclic amines) is 1. The lowest BCUT2D eigenvalue weighted by atomic mass is 10.1. The second-order valence-electron chi connectivity index (χ2n) is 7.26. The molecule has 0 saturated carbocycles. The zero-order valence-corrected chi connectivity index (χ0v) is 14.3. The van der Waals surface area contributed by atoms with Crippen molar-refractivity contribution in [1.29, 1.82) is 0 Å². The summed E-state index contributed by atoms with van der Waals surface area (Å²) in [6.45, 7) is 9.19. The molecular weight excluding hydrogens is 296 g/mol. The molecule has 1 N–H and O–H groups in total. The van der Waals surface area contributed by atoms with Crippen molar-refractivity contribution in [1.82, 2.24) is 20.0 Å². The summed E-state index contributed by atoms with van der Waals surface area (Å²) in [6.07, 6.45) is 0.680. The maximum atomic E-state index is 12.7. The summed E-state index contributed by atoms with van der Waals surface area (Å²) in [7, 11) is 1.44. The quantitative estimate of drug-likeness (QED) is 0.736. The second kappa shape index (κ2) is 6.65. The van der Waals surface area contributed by atoms with E-state index in [9.17, 15) is 9.59 Å². The first-order valence-corrected chi connectivity index (χ1v) is 8.61. The van der Waals surface area contributed by atoms with E-state index in [1.807, 2.05) is 9.80 Å². The number of carbonyl (C=O) groups excluding carboxylic acids is 2. The van der Waals surface area contributed by atoms with Crippen LogP contribution in [0.5, 0.6) is 0 Å². The number of urea groups is 1. The van der Waals surface area contributed by atoms with Gasteiger partial charge in [0, 0.05) is 45.3 Å². The number of nitrogens with one attached hydrogen (secondary N) is 1. The highest BCUT2D eigenvalue weighted by atomic mass is 16.5. The minimum absolute atomic E-state index is 0.107. The van der Waals surface area contributed by atoms with E-state index >= 15 is 0 Å². The predicted molar refractivity (Wildman–Crippen MR) is 86.1 cm³/mol. The molecule has 0 radical (unpaired) electrons. The van der Waals surface area contributed by atoms with Gasteiger partial charge in [0.05, 0.1) is 13.2 Å². The molecule has 3 rings (SSSR count). The maximum absolute atomic E-state index is 12.7. The molecule has 3 atom stereocenters. The van der Waals surface area contributed by atoms with E-state index in [0.29, 0.717) is 12.3 Å². The van der Waals surface area contributed by atoms with Gasteiger partial charge < -0.3 is 19.9 Å². The minimum Gasteiger partial charge on any atom is -0.468 e. The van der Waals surface area contributed by atoms with Crippen LogP contribution in [0.2, 0.25) is 0 Å². The first-order chi connectivity index (χ1) is 11.0. The monoisotopic (exact) mass is 324 g/mol. The average Bonchev–Trinajstić information content (AvgIpc) is 3.08. The minimum atomic E-state index is -0.226. The third-order valence-corrected chi connectivity index (χ3v) is 5.14. The number of carbonyl (C=O) groups is 2. The van der Waals surface area contributed by atoms with Crippen LogP contribution in [-0.2, 0) is 9.53 Å². The number of amides is 2. The molecule has 7 heteroatoms. The first-order valence-electron chi connectivity index (χ1n) is 8.61. The third kappa shape index (κ3) is 3.17. The average molecular weight is 324 g/mol. The van der Waals surface area contributed by atoms with Gasteiger partial charge in [-0.05, 0) is 12.3 Å². The summed E-state index contributed by atoms with van der Waals surface area (Å²) < 4.78 is 4.97. The lowest BCUT2D eigenvalue weighted by Gasteiger charge is -2.28. The van der Waals surface area contributed by atoms with E-state index < -0.39 is 0 Å². The van der Waals surface area contributed by atoms with Gasteiger partial charge in [-0.3, -0.25) is 9.69 Å². The molecular formula is C16H28N4O3. The molecule has 130 valence electrons. The van der Waals surface area contributed by atoms with Gasteiger partial charge in [-0.15, -0.1) is 0 Å². The summed E-state index contributed by atoms with van der Waals surface area (Å²) in [4.78, 5) is 30.9. The number of fused-ring (bicyclic) bond motifs is 1. The topological polar surface area (TPSA) is 65.1 Å². The van der Waals surface area contributed by atoms with Gasteiger partial charge in [-0.2, -0.15) is 0 Å². The molecule has 2 amide bonds. The fourth-order valence-corrected chi connectivity index (χ4v) is 4.11. The van der Waals surface area contributed by atoms with Crippen molar-refractivity contribution >= 4 is 12.0 Å². The summed E-state index contributed by atoms with van der Waals surface area (Å²) in [5, 5.41) is 3.35. The van der Waals surface area contributed by atoms with Crippen molar-refractivity contribution in [3.63, 3.8) is 0 Å². The fourth-order valence-electron chi connectivity index (χ4n) is 4.11. The van der Waals surface area contributed by atoms with Crippen LogP contribution in [0.15, 0.2) is 0 Å². The van der Waals surface area contributed by atoms with E-state index in [1.54, 1.807) is 0 Å². The van der Waals surface area contributed by atoms with E-state index in [0.717, 1.165) is 39.3 Å². The van der Waals surface area contributed by atoms with E-state index in [1.165, 1.54) is 7.11 Å². The van der Waals surface area contributed by atoms with E-state index in [-0.39, 0.29) is 30.1 Å². The highest BCUT2D eigenvalue weighted by molar-refractivity contribution is 5.79. The predicted octanol–water partition coefficient (Wildman–Crippen LogP) is -0.0323. The zero-order chi connectivity index (χ0) is 16.6. The number of hydrogen-bond donors (Lipinski definition) is 1. The molecule has 3 heterocycles. The Bertz CT molecular complexity index is 470. The van der Waals surface area contributed by atoms with Crippen LogP contribution in [0, 0.1) is 5.92 Å². The number of piperazine rings is 1. The Morgan fingerprint density at radius 2 is 2.09 bits per heavy atom. The van der Waals surface area contributed by atoms with Crippen LogP contribution >= 0.6 is 0 Å². The molecule has 23 heavy (non-hydrogen) atoms. The SMILES string of the molecule is COC(=O)[C@H]1C[C@H](N2C[C@@H]3CNCCN3C2=O)CN1CC(C)C. The third-order valence-electron chi connectivity index (χ3n) is 5.14. The van der Waals surface area contributed by atoms with Crippen LogP contribution in [0.3, 0.4) is 0 Å². The Balaban J connectivity index is 1.71. The Morgan fingerprint density at radius 1 is 1.30 bits per heavy atom. The van der Waals surface area contributed by atoms with Crippen molar-refractivity contribution in [3.8, 4) is 0 Å². The van der Waals surface area contributed by atoms with Crippen LogP contribution < -0.4 is 5.32 Å². The highest BCUT2D eigenvalue weighted by Gasteiger charge is 2.47. The normalized spacial score (nSPS) is 31.8. The van der Waals surface area contributed by atoms with Gasteiger partial charge in [-0.1, -0.05) is 13.8 Å². The van der Waals surface area contributed by atoms with Crippen LogP contribution in [-0.4, -0.2) is 91.2 Å². The summed E-state index contributed by atoms with van der Waals surface area (Å²) in [5.41, 5.74) is 0. The largest absolute Gasteiger partial charge is 0.468 e. The Hall–Kier alpha value is -1.34. The molecule has 0 unspecified atom stereocenters. The number of rotatable bonds is 4. The number of ether oxygens (including phenoxy) is 1. The zero-order valence-electron chi connectivity index (χ0n) is 14.3. The molecule has 0 spiro atoms. The molecule has 3 saturated heterocycles. The summed E-state index contributed by atoms with van der Waals surface area (Å²) in [5.74, 6) is 0.296. The van der Waals surface area contributed by atoms with Crippen molar-refractivity contribution in [2.45, 2.75) is 38.4 Å². The Labute approximate surface area is 137 Å². The number of esters is 1. The number of hydrogen-bond acceptors (Lipinski definition) is 5. The molecule has 7 nitrogen and oxygen atoms in total. The summed E-state index contributed by atoms with van der Waals surface area (Å²) >= 11 is 0. The van der Waals surface area contributed by atoms with Gasteiger partial charge in [-0.25, -0.2) is 4.79 Å². The maximum Gasteiger partial charge on any atom is 0.323 e. The molecule has 3 aliphatic heterocycles. The van der Waals surface area contributed by atoms with E-state index in [2.05, 4.69) is 24.1 Å². The molecule has 0 bridgehead atoms. The molecule has 0 aromatic heterocycles. The van der Waals surface area contributed by atoms with Gasteiger partial charge >= 0.3 is 12.0 Å². The highest BCUT2D eigenvalue weighted by Crippen LogP contribution is 2.29. The van der Waals surface area contributed by atoms with Crippen molar-refractivity contribution in [2.24, 2.45) is 5.92 Å². The molecule has 0 aromatic carbocycles. The lowest BCUT2D eigenvalue weighted by Crippen LogP contribution is -2.50. The molecule has 3 fully saturated rings. The lowest BCUT2D eigenvalue weighted by molar-refractivity contribution is -0.146. The van der Waals surface area contributed by atoms with Gasteiger partial charge in [0.2, 0.25) is 0 Å². The fraction of sp³-hybridized carbons (Fsp3) is 0.875. The van der Waals surface area contributed by atoms with Crippen LogP contribution in [0.25, 0.3) is 0 Å². The molecule has 0 aromatic rings. The van der Waals surface area contributed by atoms with Crippen LogP contribution in [0.1, 0.15) is 20.3 Å². The van der Waals surface area contributed by atoms with Gasteiger partial charge in [0.1, 0.15) is 6.04 Å². The second-order valence-corrected chi connectivity index (χ2v) is 7.26. The number of methoxy groups -OCH3 is 1. The summed E-state index contributed by atoms with van der Waals surface area (Å²) in [6, 6.07) is 0.287. The molecule has 0 aliphatic carbocycles. The Kier molecular flexibility index (Phi) is 4.77. The van der Waals surface area contributed by atoms with Gasteiger partial charge in [0.25, 0.3) is 0 Å². The van der Waals surface area contributed by atoms with Gasteiger partial charge in [0.15, 0.2) is 0 Å². The van der Waals surface area contributed by atoms with Crippen molar-refractivity contribution in [2.75, 3.05) is 46.4 Å². The first kappa shape index (κ1) is 16.5. The van der Waals surface area contributed by atoms with E-state index in [4.69, 9.17) is 4.74 Å². The smallest absolute Gasteiger partial charge is 0.323 e. The standard InChI is InChI=1S/C16H28N4O3/c1-11(2)8-18-9-12(6-14(18)15(21)23-3)20-10-13-7-17-4-5-19(13)16(20)22/h11-14,17H,4-10H2,1-3H3/t12-,13-,14+/m0/s1. The van der Waals surface area contributed by atoms with Crippen molar-refractivity contribution < 1.29 is 14.3 Å². The molecule has 3 aliphatic rings. The van der Waals surface area contributed by atoms with Crippen molar-refractivity contribution in [3.05, 3.63) is 0 Å². The van der Waals surface area contributed by atoms with Crippen LogP contribution in [0.4, 0.5) is 4.79 Å². The number of nitrogens with zero attached hydrogens (tertiary/aromatic N) is 3.